The fraction of sp³-hybridized carbons (Fsp3) is 0.667. The Hall–Kier alpha value is -0.720. The lowest BCUT2D eigenvalue weighted by atomic mass is 10.3. The maximum atomic E-state index is 12.0. The first-order chi connectivity index (χ1) is 7.56. The number of amides is 1. The van der Waals surface area contributed by atoms with Gasteiger partial charge in [-0.2, -0.15) is 0 Å². The van der Waals surface area contributed by atoms with Crippen LogP contribution in [0.15, 0.2) is 0 Å². The predicted octanol–water partition coefficient (Wildman–Crippen LogP) is 1.42. The lowest BCUT2D eigenvalue weighted by molar-refractivity contribution is 0.0692. The van der Waals surface area contributed by atoms with Gasteiger partial charge in [-0.15, -0.1) is 10.2 Å². The minimum Gasteiger partial charge on any atom is -0.396 e. The summed E-state index contributed by atoms with van der Waals surface area (Å²) in [6, 6.07) is 0.0572. The third-order valence-electron chi connectivity index (χ3n) is 2.02. The molecule has 16 heavy (non-hydrogen) atoms. The van der Waals surface area contributed by atoms with Gasteiger partial charge in [-0.05, 0) is 31.9 Å². The Labute approximate surface area is 103 Å². The standard InChI is InChI=1S/C9H14ClN3O2S/c1-6(2)13(4-3-5-14)8(15)7-11-12-9(10)16-7/h6,14H,3-5H2,1-2H3. The number of aromatic nitrogens is 2. The van der Waals surface area contributed by atoms with Crippen molar-refractivity contribution < 1.29 is 9.90 Å². The van der Waals surface area contributed by atoms with Crippen molar-refractivity contribution in [2.45, 2.75) is 26.3 Å². The van der Waals surface area contributed by atoms with Crippen molar-refractivity contribution in [3.8, 4) is 0 Å². The molecule has 1 aromatic rings. The Kier molecular flexibility index (Phi) is 5.11. The van der Waals surface area contributed by atoms with Gasteiger partial charge in [0.15, 0.2) is 0 Å². The van der Waals surface area contributed by atoms with E-state index in [1.165, 1.54) is 0 Å². The number of carbonyl (C=O) groups excluding carboxylic acids is 1. The van der Waals surface area contributed by atoms with E-state index in [1.807, 2.05) is 13.8 Å². The molecule has 0 aromatic carbocycles. The SMILES string of the molecule is CC(C)N(CCCO)C(=O)c1nnc(Cl)s1. The summed E-state index contributed by atoms with van der Waals surface area (Å²) in [5.41, 5.74) is 0. The van der Waals surface area contributed by atoms with E-state index < -0.39 is 0 Å². The Bertz CT molecular complexity index is 356. The minimum absolute atomic E-state index is 0.0572. The van der Waals surface area contributed by atoms with Crippen LogP contribution >= 0.6 is 22.9 Å². The van der Waals surface area contributed by atoms with Crippen molar-refractivity contribution in [3.05, 3.63) is 9.47 Å². The van der Waals surface area contributed by atoms with Gasteiger partial charge >= 0.3 is 0 Å². The van der Waals surface area contributed by atoms with Crippen LogP contribution in [0.5, 0.6) is 0 Å². The molecule has 0 bridgehead atoms. The van der Waals surface area contributed by atoms with Crippen molar-refractivity contribution >= 4 is 28.8 Å². The van der Waals surface area contributed by atoms with Gasteiger partial charge in [0.1, 0.15) is 0 Å². The summed E-state index contributed by atoms with van der Waals surface area (Å²) in [4.78, 5) is 13.6. The van der Waals surface area contributed by atoms with Crippen LogP contribution in [0, 0.1) is 0 Å². The average Bonchev–Trinajstić information content (AvgIpc) is 2.64. The largest absolute Gasteiger partial charge is 0.396 e. The maximum absolute atomic E-state index is 12.0. The molecular weight excluding hydrogens is 250 g/mol. The molecule has 0 radical (unpaired) electrons. The summed E-state index contributed by atoms with van der Waals surface area (Å²) < 4.78 is 0.259. The Balaban J connectivity index is 2.74. The van der Waals surface area contributed by atoms with Crippen LogP contribution in [-0.4, -0.2) is 45.3 Å². The summed E-state index contributed by atoms with van der Waals surface area (Å²) in [6.07, 6.45) is 0.552. The molecule has 1 amide bonds. The highest BCUT2D eigenvalue weighted by atomic mass is 35.5. The number of hydrogen-bond acceptors (Lipinski definition) is 5. The zero-order valence-corrected chi connectivity index (χ0v) is 10.8. The van der Waals surface area contributed by atoms with E-state index in [-0.39, 0.29) is 28.0 Å². The van der Waals surface area contributed by atoms with Crippen molar-refractivity contribution in [2.75, 3.05) is 13.2 Å². The second-order valence-electron chi connectivity index (χ2n) is 3.53. The van der Waals surface area contributed by atoms with Gasteiger partial charge in [0.25, 0.3) is 5.91 Å². The molecular formula is C9H14ClN3O2S. The molecule has 1 heterocycles. The van der Waals surface area contributed by atoms with Gasteiger partial charge in [-0.3, -0.25) is 4.79 Å². The number of nitrogens with zero attached hydrogens (tertiary/aromatic N) is 3. The summed E-state index contributed by atoms with van der Waals surface area (Å²) >= 11 is 6.69. The zero-order valence-electron chi connectivity index (χ0n) is 9.18. The molecule has 90 valence electrons. The smallest absolute Gasteiger partial charge is 0.285 e. The van der Waals surface area contributed by atoms with Gasteiger partial charge in [0, 0.05) is 19.2 Å². The number of aliphatic hydroxyl groups is 1. The van der Waals surface area contributed by atoms with Crippen molar-refractivity contribution in [1.29, 1.82) is 0 Å². The maximum Gasteiger partial charge on any atom is 0.285 e. The fourth-order valence-corrected chi connectivity index (χ4v) is 2.03. The molecule has 0 saturated heterocycles. The van der Waals surface area contributed by atoms with Gasteiger partial charge in [0.2, 0.25) is 9.47 Å². The number of rotatable bonds is 5. The van der Waals surface area contributed by atoms with Gasteiger partial charge < -0.3 is 10.0 Å². The molecule has 1 aromatic heterocycles. The molecule has 1 rings (SSSR count). The molecule has 7 heteroatoms. The number of hydrogen-bond donors (Lipinski definition) is 1. The molecule has 0 saturated carbocycles. The van der Waals surface area contributed by atoms with E-state index >= 15 is 0 Å². The zero-order chi connectivity index (χ0) is 12.1. The number of carbonyl (C=O) groups is 1. The third-order valence-corrected chi connectivity index (χ3v) is 3.03. The van der Waals surface area contributed by atoms with Crippen LogP contribution in [0.25, 0.3) is 0 Å². The summed E-state index contributed by atoms with van der Waals surface area (Å²) in [5, 5.41) is 16.4. The normalized spacial score (nSPS) is 10.8. The molecule has 0 aliphatic rings. The highest BCUT2D eigenvalue weighted by molar-refractivity contribution is 7.17. The van der Waals surface area contributed by atoms with Crippen LogP contribution in [0.3, 0.4) is 0 Å². The number of halogens is 1. The van der Waals surface area contributed by atoms with Crippen LogP contribution in [0.1, 0.15) is 30.1 Å². The Morgan fingerprint density at radius 3 is 2.69 bits per heavy atom. The van der Waals surface area contributed by atoms with Crippen LogP contribution in [0.4, 0.5) is 0 Å². The summed E-state index contributed by atoms with van der Waals surface area (Å²) in [7, 11) is 0. The molecule has 0 spiro atoms. The van der Waals surface area contributed by atoms with E-state index in [4.69, 9.17) is 16.7 Å². The van der Waals surface area contributed by atoms with E-state index in [9.17, 15) is 4.79 Å². The second-order valence-corrected chi connectivity index (χ2v) is 5.09. The first-order valence-corrected chi connectivity index (χ1v) is 6.16. The van der Waals surface area contributed by atoms with Crippen LogP contribution in [-0.2, 0) is 0 Å². The topological polar surface area (TPSA) is 66.3 Å². The van der Waals surface area contributed by atoms with Crippen LogP contribution < -0.4 is 0 Å². The minimum atomic E-state index is -0.187. The molecule has 1 N–H and O–H groups in total. The van der Waals surface area contributed by atoms with Gasteiger partial charge in [0.05, 0.1) is 0 Å². The molecule has 0 fully saturated rings. The fourth-order valence-electron chi connectivity index (χ4n) is 1.25. The van der Waals surface area contributed by atoms with E-state index in [0.29, 0.717) is 13.0 Å². The third kappa shape index (κ3) is 3.40. The Morgan fingerprint density at radius 1 is 1.56 bits per heavy atom. The van der Waals surface area contributed by atoms with E-state index in [0.717, 1.165) is 11.3 Å². The van der Waals surface area contributed by atoms with Gasteiger partial charge in [-0.1, -0.05) is 11.3 Å². The first-order valence-electron chi connectivity index (χ1n) is 4.97. The quantitative estimate of drug-likeness (QED) is 0.873. The van der Waals surface area contributed by atoms with E-state index in [2.05, 4.69) is 10.2 Å². The second kappa shape index (κ2) is 6.12. The predicted molar refractivity (Wildman–Crippen MR) is 62.8 cm³/mol. The number of aliphatic hydroxyl groups excluding tert-OH is 1. The summed E-state index contributed by atoms with van der Waals surface area (Å²) in [5.74, 6) is -0.187. The molecule has 0 aliphatic heterocycles. The van der Waals surface area contributed by atoms with Crippen molar-refractivity contribution in [2.24, 2.45) is 0 Å². The lowest BCUT2D eigenvalue weighted by Gasteiger charge is -2.25. The van der Waals surface area contributed by atoms with Crippen LogP contribution in [0.2, 0.25) is 4.47 Å². The average molecular weight is 264 g/mol. The molecule has 0 aliphatic carbocycles. The highest BCUT2D eigenvalue weighted by Gasteiger charge is 2.21. The highest BCUT2D eigenvalue weighted by Crippen LogP contribution is 2.17. The molecule has 0 unspecified atom stereocenters. The van der Waals surface area contributed by atoms with Gasteiger partial charge in [-0.25, -0.2) is 0 Å². The lowest BCUT2D eigenvalue weighted by Crippen LogP contribution is -2.38. The van der Waals surface area contributed by atoms with Crippen molar-refractivity contribution in [3.63, 3.8) is 0 Å². The van der Waals surface area contributed by atoms with Crippen molar-refractivity contribution in [1.82, 2.24) is 15.1 Å². The summed E-state index contributed by atoms with van der Waals surface area (Å²) in [6.45, 7) is 4.40. The monoisotopic (exact) mass is 263 g/mol. The molecule has 0 atom stereocenters. The molecule has 5 nitrogen and oxygen atoms in total. The Morgan fingerprint density at radius 2 is 2.25 bits per heavy atom. The first kappa shape index (κ1) is 13.3. The van der Waals surface area contributed by atoms with E-state index in [1.54, 1.807) is 4.90 Å².